The molecule has 1 heterocycles. The van der Waals surface area contributed by atoms with Crippen molar-refractivity contribution < 1.29 is 9.53 Å². The molecule has 1 aromatic heterocycles. The first-order chi connectivity index (χ1) is 14.0. The number of carbonyl (C=O) groups is 1. The second-order valence-corrected chi connectivity index (χ2v) is 8.13. The lowest BCUT2D eigenvalue weighted by molar-refractivity contribution is -0.127. The molecule has 1 aromatic carbocycles. The van der Waals surface area contributed by atoms with E-state index in [1.807, 2.05) is 12.1 Å². The summed E-state index contributed by atoms with van der Waals surface area (Å²) in [6.45, 7) is 3.89. The number of benzene rings is 1. The molecule has 30 heavy (non-hydrogen) atoms. The van der Waals surface area contributed by atoms with Crippen LogP contribution in [0.25, 0.3) is 0 Å². The van der Waals surface area contributed by atoms with Gasteiger partial charge in [0.2, 0.25) is 5.91 Å². The second-order valence-electron chi connectivity index (χ2n) is 7.10. The van der Waals surface area contributed by atoms with Gasteiger partial charge in [0.25, 0.3) is 0 Å². The summed E-state index contributed by atoms with van der Waals surface area (Å²) in [4.78, 5) is 19.2. The Morgan fingerprint density at radius 3 is 2.47 bits per heavy atom. The molecular weight excluding hydrogens is 511 g/mol. The first-order valence-corrected chi connectivity index (χ1v) is 10.8. The fraction of sp³-hybridized carbons (Fsp3) is 0.455. The van der Waals surface area contributed by atoms with Crippen molar-refractivity contribution in [1.29, 1.82) is 0 Å². The Morgan fingerprint density at radius 2 is 1.87 bits per heavy atom. The third-order valence-electron chi connectivity index (χ3n) is 4.67. The van der Waals surface area contributed by atoms with Gasteiger partial charge in [0.15, 0.2) is 5.96 Å². The molecule has 2 aromatic rings. The molecule has 1 atom stereocenters. The summed E-state index contributed by atoms with van der Waals surface area (Å²) in [6, 6.07) is 12.4. The van der Waals surface area contributed by atoms with E-state index in [1.54, 1.807) is 37.4 Å². The molecule has 0 spiro atoms. The Morgan fingerprint density at radius 1 is 1.17 bits per heavy atom. The topological polar surface area (TPSA) is 66.0 Å². The van der Waals surface area contributed by atoms with E-state index in [9.17, 15) is 4.79 Å². The summed E-state index contributed by atoms with van der Waals surface area (Å²) in [6.07, 6.45) is 1.89. The number of likely N-dealkylation sites (N-methyl/N-ethyl adjacent to an activating group) is 1. The van der Waals surface area contributed by atoms with E-state index in [0.29, 0.717) is 11.9 Å². The first kappa shape index (κ1) is 26.2. The predicted molar refractivity (Wildman–Crippen MR) is 136 cm³/mol. The number of hydrogen-bond acceptors (Lipinski definition) is 4. The standard InChI is InChI=1S/C22H32N4O2S.HI/c1-17(18-7-9-19(28-4)10-8-18)11-13-23-22(25-16-21(27)26(2)3)24-14-12-20-6-5-15-29-20;/h5-10,15,17H,11-14,16H2,1-4H3,(H2,23,24,25);1H. The van der Waals surface area contributed by atoms with E-state index < -0.39 is 0 Å². The molecule has 1 amide bonds. The fourth-order valence-electron chi connectivity index (χ4n) is 2.73. The van der Waals surface area contributed by atoms with E-state index in [1.165, 1.54) is 10.4 Å². The molecule has 2 rings (SSSR count). The summed E-state index contributed by atoms with van der Waals surface area (Å²) in [5, 5.41) is 8.79. The highest BCUT2D eigenvalue weighted by Gasteiger charge is 2.08. The zero-order valence-electron chi connectivity index (χ0n) is 18.2. The Balaban J connectivity index is 0.00000450. The van der Waals surface area contributed by atoms with Gasteiger partial charge in [-0.15, -0.1) is 35.3 Å². The summed E-state index contributed by atoms with van der Waals surface area (Å²) in [5.41, 5.74) is 1.28. The van der Waals surface area contributed by atoms with Gasteiger partial charge in [-0.25, -0.2) is 4.99 Å². The monoisotopic (exact) mass is 544 g/mol. The van der Waals surface area contributed by atoms with E-state index in [4.69, 9.17) is 4.74 Å². The Labute approximate surface area is 201 Å². The minimum absolute atomic E-state index is 0. The number of thiophene rings is 1. The number of guanidine groups is 1. The van der Waals surface area contributed by atoms with Crippen LogP contribution in [-0.2, 0) is 11.2 Å². The molecule has 0 saturated carbocycles. The van der Waals surface area contributed by atoms with Crippen molar-refractivity contribution in [3.05, 3.63) is 52.2 Å². The predicted octanol–water partition coefficient (Wildman–Crippen LogP) is 3.73. The molecule has 1 unspecified atom stereocenters. The maximum Gasteiger partial charge on any atom is 0.243 e. The number of halogens is 1. The van der Waals surface area contributed by atoms with Crippen molar-refractivity contribution >= 4 is 47.2 Å². The van der Waals surface area contributed by atoms with E-state index in [-0.39, 0.29) is 36.4 Å². The van der Waals surface area contributed by atoms with Crippen molar-refractivity contribution in [3.8, 4) is 5.75 Å². The van der Waals surface area contributed by atoms with Gasteiger partial charge in [0.1, 0.15) is 12.3 Å². The average molecular weight is 545 g/mol. The molecule has 166 valence electrons. The Bertz CT molecular complexity index is 764. The zero-order chi connectivity index (χ0) is 21.1. The number of nitrogens with one attached hydrogen (secondary N) is 2. The molecule has 0 fully saturated rings. The van der Waals surface area contributed by atoms with Crippen molar-refractivity contribution in [3.63, 3.8) is 0 Å². The summed E-state index contributed by atoms with van der Waals surface area (Å²) >= 11 is 1.75. The largest absolute Gasteiger partial charge is 0.497 e. The van der Waals surface area contributed by atoms with Gasteiger partial charge in [-0.1, -0.05) is 25.1 Å². The van der Waals surface area contributed by atoms with Crippen molar-refractivity contribution in [2.45, 2.75) is 25.7 Å². The van der Waals surface area contributed by atoms with Gasteiger partial charge in [0.05, 0.1) is 7.11 Å². The lowest BCUT2D eigenvalue weighted by Crippen LogP contribution is -2.40. The number of ether oxygens (including phenoxy) is 1. The Kier molecular flexibility index (Phi) is 12.4. The number of aliphatic imine (C=N–C) groups is 1. The van der Waals surface area contributed by atoms with Crippen molar-refractivity contribution in [2.75, 3.05) is 40.8 Å². The summed E-state index contributed by atoms with van der Waals surface area (Å²) in [5.74, 6) is 1.94. The molecular formula is C22H33IN4O2S. The fourth-order valence-corrected chi connectivity index (χ4v) is 3.44. The average Bonchev–Trinajstić information content (AvgIpc) is 3.24. The molecule has 0 saturated heterocycles. The number of rotatable bonds is 10. The van der Waals surface area contributed by atoms with E-state index in [0.717, 1.165) is 31.7 Å². The molecule has 0 bridgehead atoms. The van der Waals surface area contributed by atoms with Crippen LogP contribution >= 0.6 is 35.3 Å². The summed E-state index contributed by atoms with van der Waals surface area (Å²) < 4.78 is 5.22. The molecule has 8 heteroatoms. The zero-order valence-corrected chi connectivity index (χ0v) is 21.3. The minimum Gasteiger partial charge on any atom is -0.497 e. The highest BCUT2D eigenvalue weighted by molar-refractivity contribution is 14.0. The molecule has 0 radical (unpaired) electrons. The smallest absolute Gasteiger partial charge is 0.243 e. The SMILES string of the molecule is COc1ccc(C(C)CCNC(=NCC(=O)N(C)C)NCCc2cccs2)cc1.I. The number of methoxy groups -OCH3 is 1. The van der Waals surface area contributed by atoms with Crippen LogP contribution < -0.4 is 15.4 Å². The van der Waals surface area contributed by atoms with E-state index >= 15 is 0 Å². The third-order valence-corrected chi connectivity index (χ3v) is 5.61. The summed E-state index contributed by atoms with van der Waals surface area (Å²) in [7, 11) is 5.16. The molecule has 0 aliphatic rings. The number of carbonyl (C=O) groups excluding carboxylic acids is 1. The van der Waals surface area contributed by atoms with Crippen LogP contribution in [0, 0.1) is 0 Å². The third kappa shape index (κ3) is 9.34. The van der Waals surface area contributed by atoms with Crippen LogP contribution in [0.5, 0.6) is 5.75 Å². The van der Waals surface area contributed by atoms with Gasteiger partial charge in [-0.3, -0.25) is 4.79 Å². The number of hydrogen-bond donors (Lipinski definition) is 2. The van der Waals surface area contributed by atoms with Gasteiger partial charge in [-0.05, 0) is 47.9 Å². The lowest BCUT2D eigenvalue weighted by Gasteiger charge is -2.16. The van der Waals surface area contributed by atoms with Crippen LogP contribution in [0.1, 0.15) is 29.7 Å². The van der Waals surface area contributed by atoms with Crippen molar-refractivity contribution in [2.24, 2.45) is 4.99 Å². The van der Waals surface area contributed by atoms with Crippen LogP contribution in [-0.4, -0.2) is 57.6 Å². The first-order valence-electron chi connectivity index (χ1n) is 9.88. The quantitative estimate of drug-likeness (QED) is 0.272. The number of amides is 1. The molecule has 6 nitrogen and oxygen atoms in total. The van der Waals surface area contributed by atoms with Crippen LogP contribution in [0.15, 0.2) is 46.8 Å². The lowest BCUT2D eigenvalue weighted by atomic mass is 9.98. The van der Waals surface area contributed by atoms with Crippen LogP contribution in [0.2, 0.25) is 0 Å². The van der Waals surface area contributed by atoms with Gasteiger partial charge < -0.3 is 20.3 Å². The van der Waals surface area contributed by atoms with Gasteiger partial charge in [0, 0.05) is 32.1 Å². The Hall–Kier alpha value is -1.81. The maximum absolute atomic E-state index is 11.9. The number of nitrogens with zero attached hydrogens (tertiary/aromatic N) is 2. The second kappa shape index (κ2) is 14.2. The van der Waals surface area contributed by atoms with Crippen LogP contribution in [0.4, 0.5) is 0 Å². The van der Waals surface area contributed by atoms with Crippen molar-refractivity contribution in [1.82, 2.24) is 15.5 Å². The molecule has 0 aliphatic carbocycles. The van der Waals surface area contributed by atoms with Gasteiger partial charge in [-0.2, -0.15) is 0 Å². The highest BCUT2D eigenvalue weighted by atomic mass is 127. The minimum atomic E-state index is -0.0176. The molecule has 2 N–H and O–H groups in total. The maximum atomic E-state index is 11.9. The molecule has 0 aliphatic heterocycles. The normalized spacial score (nSPS) is 11.9. The van der Waals surface area contributed by atoms with Crippen LogP contribution in [0.3, 0.4) is 0 Å². The van der Waals surface area contributed by atoms with E-state index in [2.05, 4.69) is 52.2 Å². The van der Waals surface area contributed by atoms with Gasteiger partial charge >= 0.3 is 0 Å². The highest BCUT2D eigenvalue weighted by Crippen LogP contribution is 2.21.